The van der Waals surface area contributed by atoms with Gasteiger partial charge in [0.25, 0.3) is 0 Å². The molecule has 1 atom stereocenters. The molecule has 1 saturated heterocycles. The summed E-state index contributed by atoms with van der Waals surface area (Å²) in [5.41, 5.74) is 4.09. The predicted octanol–water partition coefficient (Wildman–Crippen LogP) is 3.39. The van der Waals surface area contributed by atoms with Gasteiger partial charge in [0.15, 0.2) is 0 Å². The second-order valence-corrected chi connectivity index (χ2v) is 6.05. The van der Waals surface area contributed by atoms with Gasteiger partial charge in [-0.05, 0) is 42.7 Å². The number of hydrogen-bond donors (Lipinski definition) is 1. The van der Waals surface area contributed by atoms with Crippen LogP contribution in [0.5, 0.6) is 5.75 Å². The predicted molar refractivity (Wildman–Crippen MR) is 95.1 cm³/mol. The molecule has 3 nitrogen and oxygen atoms in total. The number of hydrogen-bond acceptors (Lipinski definition) is 3. The van der Waals surface area contributed by atoms with E-state index in [2.05, 4.69) is 65.7 Å². The van der Waals surface area contributed by atoms with Crippen LogP contribution in [0.3, 0.4) is 0 Å². The van der Waals surface area contributed by atoms with Crippen molar-refractivity contribution in [1.29, 1.82) is 0 Å². The van der Waals surface area contributed by atoms with E-state index in [-0.39, 0.29) is 0 Å². The van der Waals surface area contributed by atoms with Crippen molar-refractivity contribution in [3.05, 3.63) is 65.2 Å². The van der Waals surface area contributed by atoms with Crippen LogP contribution >= 0.6 is 0 Å². The maximum absolute atomic E-state index is 5.59. The first kappa shape index (κ1) is 16.0. The Bertz CT molecular complexity index is 618. The van der Waals surface area contributed by atoms with E-state index in [0.717, 1.165) is 31.9 Å². The summed E-state index contributed by atoms with van der Waals surface area (Å²) in [5.74, 6) is 0.945. The summed E-state index contributed by atoms with van der Waals surface area (Å²) in [6.07, 6.45) is 0. The zero-order chi connectivity index (χ0) is 16.1. The van der Waals surface area contributed by atoms with Gasteiger partial charge in [0, 0.05) is 26.2 Å². The zero-order valence-corrected chi connectivity index (χ0v) is 14.1. The van der Waals surface area contributed by atoms with Crippen molar-refractivity contribution in [1.82, 2.24) is 10.2 Å². The lowest BCUT2D eigenvalue weighted by Crippen LogP contribution is -2.45. The normalized spacial score (nSPS) is 17.0. The summed E-state index contributed by atoms with van der Waals surface area (Å²) in [4.78, 5) is 2.58. The first-order valence-electron chi connectivity index (χ1n) is 8.52. The Kier molecular flexibility index (Phi) is 5.31. The van der Waals surface area contributed by atoms with Gasteiger partial charge >= 0.3 is 0 Å². The Morgan fingerprint density at radius 2 is 1.74 bits per heavy atom. The average molecular weight is 310 g/mol. The lowest BCUT2D eigenvalue weighted by Gasteiger charge is -2.36. The highest BCUT2D eigenvalue weighted by Gasteiger charge is 2.24. The van der Waals surface area contributed by atoms with Crippen LogP contribution in [0, 0.1) is 6.92 Å². The Labute approximate surface area is 139 Å². The number of benzene rings is 2. The van der Waals surface area contributed by atoms with E-state index >= 15 is 0 Å². The molecule has 3 heteroatoms. The van der Waals surface area contributed by atoms with Crippen LogP contribution in [0.15, 0.2) is 48.5 Å². The van der Waals surface area contributed by atoms with Crippen molar-refractivity contribution < 1.29 is 4.74 Å². The van der Waals surface area contributed by atoms with Crippen LogP contribution in [0.25, 0.3) is 0 Å². The van der Waals surface area contributed by atoms with E-state index in [1.165, 1.54) is 16.7 Å². The molecular formula is C20H26N2O. The van der Waals surface area contributed by atoms with Crippen LogP contribution in [0.2, 0.25) is 0 Å². The SMILES string of the molecule is CCOc1ccc(C(c2ccccc2C)N2CCNCC2)cc1. The zero-order valence-electron chi connectivity index (χ0n) is 14.1. The van der Waals surface area contributed by atoms with Crippen LogP contribution in [-0.2, 0) is 0 Å². The molecule has 0 aromatic heterocycles. The minimum absolute atomic E-state index is 0.314. The fraction of sp³-hybridized carbons (Fsp3) is 0.400. The van der Waals surface area contributed by atoms with Gasteiger partial charge in [-0.25, -0.2) is 0 Å². The molecular weight excluding hydrogens is 284 g/mol. The highest BCUT2D eigenvalue weighted by molar-refractivity contribution is 5.39. The summed E-state index contributed by atoms with van der Waals surface area (Å²) in [5, 5.41) is 3.45. The Balaban J connectivity index is 1.95. The molecule has 0 saturated carbocycles. The average Bonchev–Trinajstić information content (AvgIpc) is 2.60. The largest absolute Gasteiger partial charge is 0.494 e. The second kappa shape index (κ2) is 7.62. The number of piperazine rings is 1. The van der Waals surface area contributed by atoms with E-state index in [4.69, 9.17) is 4.74 Å². The highest BCUT2D eigenvalue weighted by atomic mass is 16.5. The number of rotatable bonds is 5. The molecule has 1 aliphatic rings. The minimum Gasteiger partial charge on any atom is -0.494 e. The van der Waals surface area contributed by atoms with Crippen LogP contribution in [-0.4, -0.2) is 37.7 Å². The van der Waals surface area contributed by atoms with Crippen molar-refractivity contribution in [2.24, 2.45) is 0 Å². The summed E-state index contributed by atoms with van der Waals surface area (Å²) in [6.45, 7) is 9.19. The van der Waals surface area contributed by atoms with E-state index in [0.29, 0.717) is 12.6 Å². The fourth-order valence-corrected chi connectivity index (χ4v) is 3.33. The summed E-state index contributed by atoms with van der Waals surface area (Å²) < 4.78 is 5.59. The van der Waals surface area contributed by atoms with E-state index in [9.17, 15) is 0 Å². The van der Waals surface area contributed by atoms with Gasteiger partial charge in [0.2, 0.25) is 0 Å². The molecule has 23 heavy (non-hydrogen) atoms. The molecule has 1 heterocycles. The van der Waals surface area contributed by atoms with Crippen molar-refractivity contribution in [3.8, 4) is 5.75 Å². The topological polar surface area (TPSA) is 24.5 Å². The van der Waals surface area contributed by atoms with E-state index in [1.54, 1.807) is 0 Å². The van der Waals surface area contributed by atoms with Gasteiger partial charge in [0.1, 0.15) is 5.75 Å². The smallest absolute Gasteiger partial charge is 0.119 e. The molecule has 1 fully saturated rings. The third kappa shape index (κ3) is 3.74. The fourth-order valence-electron chi connectivity index (χ4n) is 3.33. The number of aryl methyl sites for hydroxylation is 1. The summed E-state index contributed by atoms with van der Waals surface area (Å²) in [7, 11) is 0. The standard InChI is InChI=1S/C20H26N2O/c1-3-23-18-10-8-17(9-11-18)20(22-14-12-21-13-15-22)19-7-5-4-6-16(19)2/h4-11,20-21H,3,12-15H2,1-2H3. The summed E-state index contributed by atoms with van der Waals surface area (Å²) >= 11 is 0. The maximum Gasteiger partial charge on any atom is 0.119 e. The quantitative estimate of drug-likeness (QED) is 0.916. The third-order valence-corrected chi connectivity index (χ3v) is 4.51. The van der Waals surface area contributed by atoms with Gasteiger partial charge in [0.05, 0.1) is 12.6 Å². The molecule has 0 spiro atoms. The number of nitrogens with one attached hydrogen (secondary N) is 1. The highest BCUT2D eigenvalue weighted by Crippen LogP contribution is 2.32. The molecule has 122 valence electrons. The second-order valence-electron chi connectivity index (χ2n) is 6.05. The molecule has 2 aromatic carbocycles. The van der Waals surface area contributed by atoms with Gasteiger partial charge in [-0.15, -0.1) is 0 Å². The lowest BCUT2D eigenvalue weighted by atomic mass is 9.93. The monoisotopic (exact) mass is 310 g/mol. The number of ether oxygens (including phenoxy) is 1. The van der Waals surface area contributed by atoms with Crippen molar-refractivity contribution in [2.75, 3.05) is 32.8 Å². The Morgan fingerprint density at radius 3 is 2.39 bits per heavy atom. The Morgan fingerprint density at radius 1 is 1.04 bits per heavy atom. The van der Waals surface area contributed by atoms with Crippen molar-refractivity contribution in [3.63, 3.8) is 0 Å². The molecule has 1 aliphatic heterocycles. The molecule has 1 unspecified atom stereocenters. The first-order chi connectivity index (χ1) is 11.3. The molecule has 2 aromatic rings. The van der Waals surface area contributed by atoms with Gasteiger partial charge in [-0.1, -0.05) is 36.4 Å². The molecule has 3 rings (SSSR count). The lowest BCUT2D eigenvalue weighted by molar-refractivity contribution is 0.198. The minimum atomic E-state index is 0.314. The molecule has 0 radical (unpaired) electrons. The number of nitrogens with zero attached hydrogens (tertiary/aromatic N) is 1. The van der Waals surface area contributed by atoms with Crippen LogP contribution in [0.1, 0.15) is 29.7 Å². The van der Waals surface area contributed by atoms with Gasteiger partial charge in [-0.3, -0.25) is 4.90 Å². The van der Waals surface area contributed by atoms with Crippen LogP contribution in [0.4, 0.5) is 0 Å². The van der Waals surface area contributed by atoms with Crippen molar-refractivity contribution >= 4 is 0 Å². The van der Waals surface area contributed by atoms with Crippen LogP contribution < -0.4 is 10.1 Å². The summed E-state index contributed by atoms with van der Waals surface area (Å²) in [6, 6.07) is 17.6. The van der Waals surface area contributed by atoms with E-state index < -0.39 is 0 Å². The molecule has 0 aliphatic carbocycles. The Hall–Kier alpha value is -1.84. The van der Waals surface area contributed by atoms with Gasteiger partial charge < -0.3 is 10.1 Å². The third-order valence-electron chi connectivity index (χ3n) is 4.51. The maximum atomic E-state index is 5.59. The first-order valence-corrected chi connectivity index (χ1v) is 8.52. The molecule has 0 bridgehead atoms. The molecule has 0 amide bonds. The molecule has 1 N–H and O–H groups in total. The van der Waals surface area contributed by atoms with Crippen molar-refractivity contribution in [2.45, 2.75) is 19.9 Å². The van der Waals surface area contributed by atoms with Gasteiger partial charge in [-0.2, -0.15) is 0 Å². The van der Waals surface area contributed by atoms with E-state index in [1.807, 2.05) is 6.92 Å².